The van der Waals surface area contributed by atoms with Gasteiger partial charge in [0.25, 0.3) is 0 Å². The van der Waals surface area contributed by atoms with Crippen LogP contribution in [0.1, 0.15) is 355 Å². The van der Waals surface area contributed by atoms with Crippen molar-refractivity contribution in [3.8, 4) is 0 Å². The summed E-state index contributed by atoms with van der Waals surface area (Å²) in [5.74, 6) is -1.59. The zero-order valence-corrected chi connectivity index (χ0v) is 73.9. The Morgan fingerprint density at radius 1 is 0.252 bits per heavy atom. The van der Waals surface area contributed by atoms with Crippen LogP contribution in [0.25, 0.3) is 0 Å². The van der Waals surface area contributed by atoms with E-state index in [9.17, 15) is 43.5 Å². The smallest absolute Gasteiger partial charge is 0.463 e. The molecule has 0 heterocycles. The Kier molecular flexibility index (Phi) is 83.9. The second kappa shape index (κ2) is 87.9. The van der Waals surface area contributed by atoms with Crippen molar-refractivity contribution in [1.29, 1.82) is 0 Å². The molecule has 115 heavy (non-hydrogen) atoms. The van der Waals surface area contributed by atoms with E-state index in [1.165, 1.54) is 109 Å². The van der Waals surface area contributed by atoms with Gasteiger partial charge in [0.15, 0.2) is 6.10 Å². The zero-order valence-electron chi connectivity index (χ0n) is 72.1. The Morgan fingerprint density at radius 3 is 0.730 bits per heavy atom. The van der Waals surface area contributed by atoms with Gasteiger partial charge in [-0.25, -0.2) is 9.13 Å². The summed E-state index contributed by atoms with van der Waals surface area (Å²) < 4.78 is 61.5. The van der Waals surface area contributed by atoms with Gasteiger partial charge in [0, 0.05) is 19.3 Å². The summed E-state index contributed by atoms with van der Waals surface area (Å²) >= 11 is 0. The van der Waals surface area contributed by atoms with Crippen LogP contribution in [-0.2, 0) is 55.8 Å². The first kappa shape index (κ1) is 110. The first-order valence-corrected chi connectivity index (χ1v) is 48.1. The number of aliphatic hydroxyl groups excluding tert-OH is 2. The Morgan fingerprint density at radius 2 is 0.461 bits per heavy atom. The molecule has 0 saturated carbocycles. The third-order valence-corrected chi connectivity index (χ3v) is 20.5. The van der Waals surface area contributed by atoms with Crippen molar-refractivity contribution >= 4 is 33.6 Å². The Labute approximate surface area is 700 Å². The van der Waals surface area contributed by atoms with E-state index in [-0.39, 0.29) is 19.3 Å². The highest BCUT2D eigenvalue weighted by molar-refractivity contribution is 7.47. The molecule has 0 aromatic carbocycles. The number of aliphatic hydroxyl groups is 2. The molecule has 656 valence electrons. The molecule has 0 amide bonds. The fourth-order valence-electron chi connectivity index (χ4n) is 11.8. The van der Waals surface area contributed by atoms with Crippen molar-refractivity contribution < 1.29 is 75.8 Å². The predicted molar refractivity (Wildman–Crippen MR) is 481 cm³/mol. The van der Waals surface area contributed by atoms with Gasteiger partial charge in [-0.3, -0.25) is 32.5 Å². The summed E-state index contributed by atoms with van der Waals surface area (Å²) in [6, 6.07) is 0. The molecule has 0 spiro atoms. The lowest BCUT2D eigenvalue weighted by molar-refractivity contribution is -0.161. The second-order valence-electron chi connectivity index (χ2n) is 29.6. The average Bonchev–Trinajstić information content (AvgIpc) is 0.908. The molecule has 0 aliphatic carbocycles. The van der Waals surface area contributed by atoms with Crippen LogP contribution in [0.5, 0.6) is 0 Å². The first-order chi connectivity index (χ1) is 56.2. The van der Waals surface area contributed by atoms with Gasteiger partial charge in [0.1, 0.15) is 25.4 Å². The monoisotopic (exact) mass is 1650 g/mol. The van der Waals surface area contributed by atoms with E-state index in [0.717, 1.165) is 186 Å². The number of hydrogen-bond donors (Lipinski definition) is 4. The van der Waals surface area contributed by atoms with Gasteiger partial charge in [0.2, 0.25) is 0 Å². The van der Waals surface area contributed by atoms with Crippen molar-refractivity contribution in [2.24, 2.45) is 0 Å². The van der Waals surface area contributed by atoms with Crippen LogP contribution in [0.15, 0.2) is 182 Å². The number of carbonyl (C=O) groups excluding carboxylic acids is 3. The summed E-state index contributed by atoms with van der Waals surface area (Å²) in [6.07, 6.45) is 115. The highest BCUT2D eigenvalue weighted by Gasteiger charge is 2.29. The summed E-state index contributed by atoms with van der Waals surface area (Å²) in [4.78, 5) is 59.0. The van der Waals surface area contributed by atoms with Crippen molar-refractivity contribution in [2.45, 2.75) is 373 Å². The molecule has 4 N–H and O–H groups in total. The summed E-state index contributed by atoms with van der Waals surface area (Å²) in [7, 11) is -9.82. The van der Waals surface area contributed by atoms with Crippen LogP contribution >= 0.6 is 15.6 Å². The molecule has 0 saturated heterocycles. The van der Waals surface area contributed by atoms with Gasteiger partial charge >= 0.3 is 33.6 Å². The molecule has 5 atom stereocenters. The Balaban J connectivity index is 4.71. The van der Waals surface area contributed by atoms with Gasteiger partial charge < -0.3 is 34.2 Å². The fourth-order valence-corrected chi connectivity index (χ4v) is 13.4. The predicted octanol–water partition coefficient (Wildman–Crippen LogP) is 27.7. The van der Waals surface area contributed by atoms with E-state index >= 15 is 0 Å². The molecule has 0 aromatic rings. The molecular formula is C97H162O16P2. The average molecular weight is 1650 g/mol. The fraction of sp³-hybridized carbons (Fsp3) is 0.660. The van der Waals surface area contributed by atoms with Gasteiger partial charge in [-0.1, -0.05) is 357 Å². The largest absolute Gasteiger partial charge is 0.472 e. The highest BCUT2D eigenvalue weighted by atomic mass is 31.2. The number of unbranched alkanes of at least 4 members (excludes halogenated alkanes) is 31. The molecule has 0 rings (SSSR count). The maximum Gasteiger partial charge on any atom is 0.472 e. The standard InChI is InChI=1S/C97H162O16P2/c1-4-7-10-13-16-19-22-25-28-31-34-37-40-43-45-48-50-53-56-59-62-65-68-71-74-77-80-83-95(100)107-86-92(98)87-109-114(103,104)110-88-93(99)89-111-115(105,106)112-91-94(113-97(102)85-82-79-76-73-70-67-64-61-58-55-52-47-42-39-36-33-30-27-24-21-18-15-12-9-6-3)90-108-96(101)84-81-78-75-72-69-66-63-60-57-54-51-49-46-44-41-38-35-32-29-26-23-20-17-14-11-8-5-2/h7-8,10-11,16-21,25-30,34-39,43-47,50,52-53,92-94,98-99H,4-6,9,12-15,22-24,31-33,40-42,48-49,51,54-91H2,1-3H3,(H,103,104)(H,105,106)/b10-7-,11-8-,19-16-,20-17-,21-18-,28-25-,29-26-,30-27-,37-34-,38-35-,39-36-,45-43-,46-44-,52-47-,53-50-. The molecule has 16 nitrogen and oxygen atoms in total. The molecule has 0 aliphatic heterocycles. The maximum atomic E-state index is 13.1. The zero-order chi connectivity index (χ0) is 83.6. The second-order valence-corrected chi connectivity index (χ2v) is 32.5. The van der Waals surface area contributed by atoms with E-state index in [2.05, 4.69) is 203 Å². The van der Waals surface area contributed by atoms with Gasteiger partial charge in [-0.15, -0.1) is 0 Å². The van der Waals surface area contributed by atoms with Gasteiger partial charge in [0.05, 0.1) is 26.4 Å². The Bertz CT molecular complexity index is 2820. The van der Waals surface area contributed by atoms with E-state index < -0.39 is 91.5 Å². The minimum atomic E-state index is -4.95. The topological polar surface area (TPSA) is 231 Å². The molecule has 0 aliphatic rings. The molecule has 0 aromatic heterocycles. The first-order valence-electron chi connectivity index (χ1n) is 45.1. The third kappa shape index (κ3) is 89.3. The van der Waals surface area contributed by atoms with Crippen molar-refractivity contribution in [2.75, 3.05) is 39.6 Å². The van der Waals surface area contributed by atoms with Crippen LogP contribution in [0.3, 0.4) is 0 Å². The van der Waals surface area contributed by atoms with Crippen molar-refractivity contribution in [1.82, 2.24) is 0 Å². The molecule has 5 unspecified atom stereocenters. The number of ether oxygens (including phenoxy) is 3. The number of esters is 3. The maximum absolute atomic E-state index is 13.1. The summed E-state index contributed by atoms with van der Waals surface area (Å²) in [5, 5.41) is 20.7. The van der Waals surface area contributed by atoms with Gasteiger partial charge in [-0.2, -0.15) is 0 Å². The van der Waals surface area contributed by atoms with E-state index in [1.54, 1.807) is 0 Å². The number of allylic oxidation sites excluding steroid dienone is 30. The molecular weight excluding hydrogens is 1480 g/mol. The normalized spacial score (nSPS) is 14.7. The lowest BCUT2D eigenvalue weighted by atomic mass is 10.0. The lowest BCUT2D eigenvalue weighted by Gasteiger charge is -2.21. The summed E-state index contributed by atoms with van der Waals surface area (Å²) in [5.41, 5.74) is 0. The number of phosphoric acid groups is 2. The number of hydrogen-bond acceptors (Lipinski definition) is 14. The number of phosphoric ester groups is 2. The van der Waals surface area contributed by atoms with E-state index in [0.29, 0.717) is 19.3 Å². The van der Waals surface area contributed by atoms with Crippen LogP contribution in [0.2, 0.25) is 0 Å². The van der Waals surface area contributed by atoms with Crippen LogP contribution in [-0.4, -0.2) is 95.9 Å². The van der Waals surface area contributed by atoms with Gasteiger partial charge in [-0.05, 0) is 161 Å². The van der Waals surface area contributed by atoms with Crippen molar-refractivity contribution in [3.05, 3.63) is 182 Å². The third-order valence-electron chi connectivity index (χ3n) is 18.6. The number of rotatable bonds is 84. The molecule has 18 heteroatoms. The number of carbonyl (C=O) groups is 3. The molecule has 0 bridgehead atoms. The summed E-state index contributed by atoms with van der Waals surface area (Å²) in [6.45, 7) is 2.43. The van der Waals surface area contributed by atoms with E-state index in [4.69, 9.17) is 32.3 Å². The highest BCUT2D eigenvalue weighted by Crippen LogP contribution is 2.45. The Hall–Kier alpha value is -5.35. The quantitative estimate of drug-likeness (QED) is 0.0146. The van der Waals surface area contributed by atoms with Crippen LogP contribution < -0.4 is 0 Å². The lowest BCUT2D eigenvalue weighted by Crippen LogP contribution is -2.30. The van der Waals surface area contributed by atoms with Crippen molar-refractivity contribution in [3.63, 3.8) is 0 Å². The SMILES string of the molecule is CC/C=C\C/C=C\C/C=C\C/C=C\C/C=C\C/C=C\CCCCCCCCCCC(=O)OCC(O)COP(=O)(O)OCC(O)COP(=O)(O)OCC(COC(=O)CCCCCCCCCCCCC/C=C\C/C=C\C/C=C\C/C=C\C/C=C\CC)OC(=O)CCCCCCCCCCC/C=C\C/C=C\C/C=C\C/C=C\CCCCC. The van der Waals surface area contributed by atoms with E-state index in [1.807, 2.05) is 0 Å². The molecule has 0 fully saturated rings. The minimum Gasteiger partial charge on any atom is -0.463 e. The van der Waals surface area contributed by atoms with Crippen LogP contribution in [0.4, 0.5) is 0 Å². The van der Waals surface area contributed by atoms with Crippen LogP contribution in [0, 0.1) is 0 Å². The minimum absolute atomic E-state index is 0.0913. The molecule has 0 radical (unpaired) electrons.